The van der Waals surface area contributed by atoms with E-state index in [1.807, 2.05) is 0 Å². The molecule has 0 radical (unpaired) electrons. The number of amides is 1. The fourth-order valence-corrected chi connectivity index (χ4v) is 4.97. The number of carbonyl (C=O) groups excluding carboxylic acids is 1. The number of imidazole rings is 1. The first-order chi connectivity index (χ1) is 22.0. The van der Waals surface area contributed by atoms with Crippen LogP contribution in [0, 0.1) is 11.3 Å². The number of nitrogens with one attached hydrogen (secondary N) is 2. The van der Waals surface area contributed by atoms with Gasteiger partial charge in [-0.1, -0.05) is 11.6 Å². The number of rotatable bonds is 8. The number of allylic oxidation sites excluding steroid dienone is 2. The molecule has 4 aromatic rings. The monoisotopic (exact) mass is 653 g/mol. The third kappa shape index (κ3) is 5.87. The van der Waals surface area contributed by atoms with Crippen LogP contribution >= 0.6 is 11.6 Å². The number of aliphatic imine (C=N–C) groups is 1. The van der Waals surface area contributed by atoms with Crippen molar-refractivity contribution in [3.8, 4) is 11.4 Å². The van der Waals surface area contributed by atoms with Gasteiger partial charge in [-0.2, -0.15) is 18.2 Å². The molecule has 17 heteroatoms. The number of hydrogen-bond acceptors (Lipinski definition) is 9. The number of aryl methyl sites for hydroxylation is 1. The second-order valence-corrected chi connectivity index (χ2v) is 10.8. The molecule has 1 aliphatic heterocycles. The Morgan fingerprint density at radius 3 is 2.72 bits per heavy atom. The molecule has 0 spiro atoms. The van der Waals surface area contributed by atoms with E-state index >= 15 is 0 Å². The number of ether oxygens (including phenoxy) is 1. The quantitative estimate of drug-likeness (QED) is 0.194. The molecule has 0 atom stereocenters. The van der Waals surface area contributed by atoms with Gasteiger partial charge in [0.2, 0.25) is 17.6 Å². The summed E-state index contributed by atoms with van der Waals surface area (Å²) in [5.74, 6) is 0.604. The Morgan fingerprint density at radius 1 is 1.30 bits per heavy atom. The lowest BCUT2D eigenvalue weighted by Gasteiger charge is -2.18. The average molecular weight is 654 g/mol. The number of nitrogens with zero attached hydrogens (tertiary/aromatic N) is 7. The van der Waals surface area contributed by atoms with E-state index in [9.17, 15) is 22.8 Å². The van der Waals surface area contributed by atoms with Crippen LogP contribution in [0.5, 0.6) is 5.75 Å². The number of fused-ring (bicyclic) bond motifs is 1. The second kappa shape index (κ2) is 11.9. The normalized spacial score (nSPS) is 15.8. The topological polar surface area (TPSA) is 160 Å². The van der Waals surface area contributed by atoms with Crippen LogP contribution in [-0.2, 0) is 18.0 Å². The van der Waals surface area contributed by atoms with E-state index in [2.05, 4.69) is 25.3 Å². The van der Waals surface area contributed by atoms with Crippen molar-refractivity contribution >= 4 is 52.7 Å². The molecule has 0 bridgehead atoms. The lowest BCUT2D eigenvalue weighted by molar-refractivity contribution is -0.529. The molecular weight excluding hydrogens is 629 g/mol. The molecule has 13 nitrogen and oxygen atoms in total. The van der Waals surface area contributed by atoms with E-state index in [4.69, 9.17) is 21.7 Å². The largest absolute Gasteiger partial charge is 0.446 e. The van der Waals surface area contributed by atoms with Crippen molar-refractivity contribution in [3.63, 3.8) is 0 Å². The first-order valence-electron chi connectivity index (χ1n) is 13.8. The summed E-state index contributed by atoms with van der Waals surface area (Å²) in [6.07, 6.45) is 5.74. The number of halogens is 4. The van der Waals surface area contributed by atoms with Gasteiger partial charge in [0.05, 0.1) is 36.1 Å². The van der Waals surface area contributed by atoms with Gasteiger partial charge in [-0.3, -0.25) is 29.4 Å². The highest BCUT2D eigenvalue weighted by molar-refractivity contribution is 6.36. The summed E-state index contributed by atoms with van der Waals surface area (Å²) in [4.78, 5) is 43.9. The summed E-state index contributed by atoms with van der Waals surface area (Å²) >= 11 is 6.69. The van der Waals surface area contributed by atoms with Crippen LogP contribution in [0.2, 0.25) is 5.02 Å². The SMILES string of the molecule is CN(C(=O)C1CC1)C1=C[NH2+]/C(=C(\C=N)Oc2cnc3nc(Nc4cc(C(F)(F)F)cn(-c5cccnc5)c4=O)n(C)c3c2Cl)C=N1. The van der Waals surface area contributed by atoms with Gasteiger partial charge in [-0.25, -0.2) is 9.98 Å². The van der Waals surface area contributed by atoms with Crippen molar-refractivity contribution in [2.75, 3.05) is 12.4 Å². The second-order valence-electron chi connectivity index (χ2n) is 10.4. The highest BCUT2D eigenvalue weighted by Crippen LogP contribution is 2.35. The minimum absolute atomic E-state index is 0.00354. The molecule has 2 aliphatic rings. The third-order valence-corrected chi connectivity index (χ3v) is 7.67. The van der Waals surface area contributed by atoms with E-state index in [0.717, 1.165) is 23.6 Å². The van der Waals surface area contributed by atoms with Gasteiger partial charge in [-0.05, 0) is 31.0 Å². The smallest absolute Gasteiger partial charge is 0.417 e. The zero-order valence-corrected chi connectivity index (χ0v) is 25.0. The standard InChI is InChI=1S/C29H24ClF3N10O3/c1-41(26(44)15-5-6-15)22-13-36-19(11-37-22)20(9-34)46-21-12-38-25-24(23(21)30)42(2)28(40-25)39-18-8-16(29(31,32)33)14-43(27(18)45)17-4-3-7-35-10-17/h3-4,7-15,34,36H,5-6H2,1-2H3,(H,38,39,40)/p+1/b20-19+,34-9?. The zero-order chi connectivity index (χ0) is 32.7. The minimum Gasteiger partial charge on any atom is -0.446 e. The van der Waals surface area contributed by atoms with E-state index < -0.39 is 23.0 Å². The molecule has 1 saturated carbocycles. The first-order valence-corrected chi connectivity index (χ1v) is 14.2. The summed E-state index contributed by atoms with van der Waals surface area (Å²) < 4.78 is 49.6. The number of alkyl halides is 3. The molecular formula is C29H25ClF3N10O3+. The Balaban J connectivity index is 1.30. The van der Waals surface area contributed by atoms with Crippen LogP contribution in [-0.4, -0.2) is 54.4 Å². The Bertz CT molecular complexity index is 2030. The maximum Gasteiger partial charge on any atom is 0.417 e. The van der Waals surface area contributed by atoms with Gasteiger partial charge in [-0.15, -0.1) is 0 Å². The summed E-state index contributed by atoms with van der Waals surface area (Å²) in [6.45, 7) is 0. The highest BCUT2D eigenvalue weighted by atomic mass is 35.5. The lowest BCUT2D eigenvalue weighted by atomic mass is 10.2. The predicted molar refractivity (Wildman–Crippen MR) is 162 cm³/mol. The van der Waals surface area contributed by atoms with Gasteiger partial charge in [0, 0.05) is 32.4 Å². The van der Waals surface area contributed by atoms with Crippen molar-refractivity contribution in [2.24, 2.45) is 18.0 Å². The van der Waals surface area contributed by atoms with Gasteiger partial charge >= 0.3 is 6.18 Å². The molecule has 1 aliphatic carbocycles. The van der Waals surface area contributed by atoms with E-state index in [-0.39, 0.29) is 51.2 Å². The number of anilines is 2. The molecule has 6 rings (SSSR count). The number of aromatic nitrogens is 5. The van der Waals surface area contributed by atoms with Crippen LogP contribution in [0.25, 0.3) is 16.9 Å². The zero-order valence-electron chi connectivity index (χ0n) is 24.2. The minimum atomic E-state index is -4.75. The van der Waals surface area contributed by atoms with Gasteiger partial charge in [0.1, 0.15) is 22.4 Å². The molecule has 0 saturated heterocycles. The Morgan fingerprint density at radius 2 is 2.09 bits per heavy atom. The number of hydrogen-bond donors (Lipinski definition) is 3. The average Bonchev–Trinajstić information content (AvgIpc) is 3.85. The maximum atomic E-state index is 13.8. The van der Waals surface area contributed by atoms with Crippen molar-refractivity contribution < 1.29 is 28.0 Å². The predicted octanol–water partition coefficient (Wildman–Crippen LogP) is 3.49. The Hall–Kier alpha value is -5.35. The molecule has 236 valence electrons. The number of carbonyl (C=O) groups is 1. The number of quaternary nitrogens is 1. The lowest BCUT2D eigenvalue weighted by Crippen LogP contribution is -2.78. The van der Waals surface area contributed by atoms with E-state index in [0.29, 0.717) is 23.8 Å². The van der Waals surface area contributed by atoms with E-state index in [1.165, 1.54) is 53.5 Å². The van der Waals surface area contributed by atoms with Crippen molar-refractivity contribution in [2.45, 2.75) is 19.0 Å². The molecule has 4 N–H and O–H groups in total. The molecule has 0 unspecified atom stereocenters. The Labute approximate surface area is 263 Å². The van der Waals surface area contributed by atoms with Crippen LogP contribution in [0.15, 0.2) is 76.3 Å². The van der Waals surface area contributed by atoms with Crippen LogP contribution in [0.4, 0.5) is 24.8 Å². The number of nitrogens with two attached hydrogens (primary N) is 1. The van der Waals surface area contributed by atoms with Gasteiger partial charge < -0.3 is 20.0 Å². The van der Waals surface area contributed by atoms with Crippen LogP contribution in [0.1, 0.15) is 18.4 Å². The summed E-state index contributed by atoms with van der Waals surface area (Å²) in [5, 5.41) is 12.3. The highest BCUT2D eigenvalue weighted by Gasteiger charge is 2.34. The fourth-order valence-electron chi connectivity index (χ4n) is 4.67. The molecule has 1 amide bonds. The van der Waals surface area contributed by atoms with Crippen LogP contribution in [0.3, 0.4) is 0 Å². The van der Waals surface area contributed by atoms with E-state index in [1.54, 1.807) is 18.6 Å². The number of pyridine rings is 3. The molecule has 1 fully saturated rings. The third-order valence-electron chi connectivity index (χ3n) is 7.30. The maximum absolute atomic E-state index is 13.8. The summed E-state index contributed by atoms with van der Waals surface area (Å²) in [5.41, 5.74) is -1.30. The van der Waals surface area contributed by atoms with Crippen molar-refractivity contribution in [3.05, 3.63) is 87.4 Å². The van der Waals surface area contributed by atoms with Gasteiger partial charge in [0.15, 0.2) is 22.9 Å². The van der Waals surface area contributed by atoms with Gasteiger partial charge in [0.25, 0.3) is 5.56 Å². The fraction of sp³-hybridized carbons (Fsp3) is 0.207. The molecule has 46 heavy (non-hydrogen) atoms. The first kappa shape index (κ1) is 30.7. The molecule has 5 heterocycles. The molecule has 0 aromatic carbocycles. The van der Waals surface area contributed by atoms with Crippen LogP contribution < -0.4 is 20.9 Å². The summed E-state index contributed by atoms with van der Waals surface area (Å²) in [7, 11) is 3.19. The summed E-state index contributed by atoms with van der Waals surface area (Å²) in [6, 6.07) is 3.65. The Kier molecular flexibility index (Phi) is 7.91. The van der Waals surface area contributed by atoms with Crippen molar-refractivity contribution in [1.29, 1.82) is 5.41 Å². The van der Waals surface area contributed by atoms with Crippen molar-refractivity contribution in [1.82, 2.24) is 29.0 Å². The molecule has 4 aromatic heterocycles.